The van der Waals surface area contributed by atoms with E-state index >= 15 is 0 Å². The smallest absolute Gasteiger partial charge is 0.328 e. The van der Waals surface area contributed by atoms with Gasteiger partial charge in [-0.2, -0.15) is 0 Å². The average Bonchev–Trinajstić information content (AvgIpc) is 2.90. The van der Waals surface area contributed by atoms with Gasteiger partial charge >= 0.3 is 6.03 Å². The van der Waals surface area contributed by atoms with E-state index in [4.69, 9.17) is 0 Å². The van der Waals surface area contributed by atoms with Crippen molar-refractivity contribution >= 4 is 17.8 Å². The van der Waals surface area contributed by atoms with E-state index < -0.39 is 12.1 Å². The Kier molecular flexibility index (Phi) is 5.06. The van der Waals surface area contributed by atoms with Gasteiger partial charge in [0.15, 0.2) is 0 Å². The van der Waals surface area contributed by atoms with Crippen LogP contribution in [-0.2, 0) is 9.59 Å². The summed E-state index contributed by atoms with van der Waals surface area (Å²) in [4.78, 5) is 43.6. The molecule has 134 valence electrons. The standard InChI is InChI=1S/C19H25N3O3/c1-3-20(4-2)18(24)16(14-10-6-5-7-11-14)22-17(23)15-12-8-9-13-21(15)19(22)25/h5-7,10-11,15-16H,3-4,8-9,12-13H2,1-2H3. The number of benzene rings is 1. The summed E-state index contributed by atoms with van der Waals surface area (Å²) in [5.41, 5.74) is 0.681. The van der Waals surface area contributed by atoms with E-state index in [0.29, 0.717) is 31.6 Å². The quantitative estimate of drug-likeness (QED) is 0.772. The fraction of sp³-hybridized carbons (Fsp3) is 0.526. The molecular weight excluding hydrogens is 318 g/mol. The maximum Gasteiger partial charge on any atom is 0.328 e. The molecule has 3 rings (SSSR count). The summed E-state index contributed by atoms with van der Waals surface area (Å²) in [5.74, 6) is -0.434. The molecule has 0 aromatic heterocycles. The van der Waals surface area contributed by atoms with Crippen molar-refractivity contribution in [3.8, 4) is 0 Å². The molecule has 4 amide bonds. The number of amides is 4. The summed E-state index contributed by atoms with van der Waals surface area (Å²) in [6.07, 6.45) is 2.53. The van der Waals surface area contributed by atoms with Gasteiger partial charge < -0.3 is 9.80 Å². The second-order valence-electron chi connectivity index (χ2n) is 6.52. The van der Waals surface area contributed by atoms with E-state index in [9.17, 15) is 14.4 Å². The van der Waals surface area contributed by atoms with E-state index in [0.717, 1.165) is 12.8 Å². The third-order valence-electron chi connectivity index (χ3n) is 5.16. The van der Waals surface area contributed by atoms with Gasteiger partial charge in [0.2, 0.25) is 0 Å². The Balaban J connectivity index is 2.01. The summed E-state index contributed by atoms with van der Waals surface area (Å²) in [6.45, 7) is 5.48. The van der Waals surface area contributed by atoms with Gasteiger partial charge in [-0.1, -0.05) is 30.3 Å². The van der Waals surface area contributed by atoms with Crippen molar-refractivity contribution < 1.29 is 14.4 Å². The van der Waals surface area contributed by atoms with Gasteiger partial charge in [-0.15, -0.1) is 0 Å². The largest absolute Gasteiger partial charge is 0.341 e. The Hall–Kier alpha value is -2.37. The van der Waals surface area contributed by atoms with Crippen molar-refractivity contribution in [3.05, 3.63) is 35.9 Å². The highest BCUT2D eigenvalue weighted by atomic mass is 16.2. The van der Waals surface area contributed by atoms with Gasteiger partial charge in [-0.3, -0.25) is 9.59 Å². The van der Waals surface area contributed by atoms with Crippen molar-refractivity contribution in [2.75, 3.05) is 19.6 Å². The number of urea groups is 1. The molecule has 2 atom stereocenters. The Morgan fingerprint density at radius 1 is 1.16 bits per heavy atom. The number of hydrogen-bond acceptors (Lipinski definition) is 3. The zero-order valence-electron chi connectivity index (χ0n) is 14.9. The molecule has 0 radical (unpaired) electrons. The number of likely N-dealkylation sites (N-methyl/N-ethyl adjacent to an activating group) is 1. The molecule has 2 unspecified atom stereocenters. The number of nitrogens with zero attached hydrogens (tertiary/aromatic N) is 3. The number of carbonyl (C=O) groups is 3. The molecular formula is C19H25N3O3. The van der Waals surface area contributed by atoms with Gasteiger partial charge in [0.25, 0.3) is 11.8 Å². The van der Waals surface area contributed by atoms with Crippen LogP contribution >= 0.6 is 0 Å². The van der Waals surface area contributed by atoms with Gasteiger partial charge in [0.05, 0.1) is 0 Å². The number of carbonyl (C=O) groups excluding carboxylic acids is 3. The number of piperidine rings is 1. The summed E-state index contributed by atoms with van der Waals surface area (Å²) < 4.78 is 0. The lowest BCUT2D eigenvalue weighted by Crippen LogP contribution is -2.46. The predicted octanol–water partition coefficient (Wildman–Crippen LogP) is 2.41. The first-order chi connectivity index (χ1) is 12.1. The minimum atomic E-state index is -0.883. The summed E-state index contributed by atoms with van der Waals surface area (Å²) >= 11 is 0. The lowest BCUT2D eigenvalue weighted by atomic mass is 10.0. The Labute approximate surface area is 148 Å². The lowest BCUT2D eigenvalue weighted by molar-refractivity contribution is -0.142. The van der Waals surface area contributed by atoms with Crippen LogP contribution in [0, 0.1) is 0 Å². The Morgan fingerprint density at radius 2 is 1.84 bits per heavy atom. The summed E-state index contributed by atoms with van der Waals surface area (Å²) in [6, 6.07) is 7.52. The van der Waals surface area contributed by atoms with Gasteiger partial charge in [-0.05, 0) is 38.7 Å². The highest BCUT2D eigenvalue weighted by molar-refractivity contribution is 6.07. The molecule has 6 heteroatoms. The number of fused-ring (bicyclic) bond motifs is 1. The van der Waals surface area contributed by atoms with Crippen LogP contribution in [0.15, 0.2) is 30.3 Å². The molecule has 2 heterocycles. The van der Waals surface area contributed by atoms with Crippen LogP contribution in [0.4, 0.5) is 4.79 Å². The monoisotopic (exact) mass is 343 g/mol. The Morgan fingerprint density at radius 3 is 2.44 bits per heavy atom. The van der Waals surface area contributed by atoms with Crippen molar-refractivity contribution in [2.45, 2.75) is 45.2 Å². The Bertz CT molecular complexity index is 633. The van der Waals surface area contributed by atoms with Crippen LogP contribution < -0.4 is 0 Å². The second-order valence-corrected chi connectivity index (χ2v) is 6.52. The van der Waals surface area contributed by atoms with Crippen LogP contribution in [0.3, 0.4) is 0 Å². The zero-order valence-corrected chi connectivity index (χ0v) is 14.9. The molecule has 0 aliphatic carbocycles. The molecule has 25 heavy (non-hydrogen) atoms. The van der Waals surface area contributed by atoms with E-state index in [-0.39, 0.29) is 17.8 Å². The molecule has 2 saturated heterocycles. The predicted molar refractivity (Wildman–Crippen MR) is 93.7 cm³/mol. The van der Waals surface area contributed by atoms with E-state index in [1.54, 1.807) is 9.80 Å². The van der Waals surface area contributed by atoms with E-state index in [2.05, 4.69) is 0 Å². The van der Waals surface area contributed by atoms with Gasteiger partial charge in [0, 0.05) is 19.6 Å². The molecule has 6 nitrogen and oxygen atoms in total. The fourth-order valence-electron chi connectivity index (χ4n) is 3.79. The van der Waals surface area contributed by atoms with E-state index in [1.807, 2.05) is 44.2 Å². The molecule has 1 aromatic carbocycles. The molecule has 0 saturated carbocycles. The molecule has 0 N–H and O–H groups in total. The van der Waals surface area contributed by atoms with Gasteiger partial charge in [0.1, 0.15) is 12.1 Å². The molecule has 0 bridgehead atoms. The van der Waals surface area contributed by atoms with Crippen LogP contribution in [0.1, 0.15) is 44.7 Å². The summed E-state index contributed by atoms with van der Waals surface area (Å²) in [5, 5.41) is 0. The number of imide groups is 1. The lowest BCUT2D eigenvalue weighted by Gasteiger charge is -2.30. The average molecular weight is 343 g/mol. The molecule has 2 aliphatic rings. The zero-order chi connectivity index (χ0) is 18.0. The van der Waals surface area contributed by atoms with Crippen LogP contribution in [0.2, 0.25) is 0 Å². The maximum absolute atomic E-state index is 13.2. The highest BCUT2D eigenvalue weighted by Gasteiger charge is 2.51. The third kappa shape index (κ3) is 3.01. The topological polar surface area (TPSA) is 60.9 Å². The fourth-order valence-corrected chi connectivity index (χ4v) is 3.79. The second kappa shape index (κ2) is 7.25. The minimum absolute atomic E-state index is 0.197. The maximum atomic E-state index is 13.2. The SMILES string of the molecule is CCN(CC)C(=O)C(c1ccccc1)N1C(=O)C2CCCCN2C1=O. The molecule has 0 spiro atoms. The number of hydrogen-bond donors (Lipinski definition) is 0. The third-order valence-corrected chi connectivity index (χ3v) is 5.16. The van der Waals surface area contributed by atoms with Crippen molar-refractivity contribution in [1.29, 1.82) is 0 Å². The minimum Gasteiger partial charge on any atom is -0.341 e. The van der Waals surface area contributed by atoms with Crippen LogP contribution in [0.25, 0.3) is 0 Å². The first-order valence-corrected chi connectivity index (χ1v) is 9.07. The molecule has 1 aromatic rings. The summed E-state index contributed by atoms with van der Waals surface area (Å²) in [7, 11) is 0. The van der Waals surface area contributed by atoms with Crippen LogP contribution in [-0.4, -0.2) is 58.2 Å². The van der Waals surface area contributed by atoms with Crippen molar-refractivity contribution in [2.24, 2.45) is 0 Å². The van der Waals surface area contributed by atoms with Crippen LogP contribution in [0.5, 0.6) is 0 Å². The van der Waals surface area contributed by atoms with E-state index in [1.165, 1.54) is 4.90 Å². The number of rotatable bonds is 5. The van der Waals surface area contributed by atoms with Gasteiger partial charge in [-0.25, -0.2) is 9.69 Å². The molecule has 2 aliphatic heterocycles. The van der Waals surface area contributed by atoms with Crippen molar-refractivity contribution in [3.63, 3.8) is 0 Å². The first-order valence-electron chi connectivity index (χ1n) is 9.07. The normalized spacial score (nSPS) is 21.3. The van der Waals surface area contributed by atoms with Crippen molar-refractivity contribution in [1.82, 2.24) is 14.7 Å². The first kappa shape index (κ1) is 17.5. The molecule has 2 fully saturated rings. The highest BCUT2D eigenvalue weighted by Crippen LogP contribution is 2.34.